The number of carbonyl (C=O) groups is 1. The number of aromatic nitrogens is 2. The molecule has 2 aromatic carbocycles. The van der Waals surface area contributed by atoms with E-state index >= 15 is 0 Å². The fourth-order valence-electron chi connectivity index (χ4n) is 3.41. The molecule has 180 valence electrons. The van der Waals surface area contributed by atoms with E-state index < -0.39 is 23.2 Å². The molecule has 35 heavy (non-hydrogen) atoms. The van der Waals surface area contributed by atoms with Gasteiger partial charge in [0, 0.05) is 24.5 Å². The average Bonchev–Trinajstić information content (AvgIpc) is 2.82. The van der Waals surface area contributed by atoms with Gasteiger partial charge in [0.2, 0.25) is 0 Å². The Hall–Kier alpha value is -4.16. The van der Waals surface area contributed by atoms with E-state index in [1.165, 1.54) is 25.1 Å². The molecule has 9 heteroatoms. The molecule has 0 aliphatic heterocycles. The highest BCUT2D eigenvalue weighted by Gasteiger charge is 2.33. The first kappa shape index (κ1) is 25.5. The van der Waals surface area contributed by atoms with E-state index in [0.29, 0.717) is 16.8 Å². The predicted molar refractivity (Wildman–Crippen MR) is 125 cm³/mol. The molecule has 1 aromatic heterocycles. The van der Waals surface area contributed by atoms with Crippen LogP contribution in [0.25, 0.3) is 23.4 Å². The fourth-order valence-corrected chi connectivity index (χ4v) is 3.41. The Balaban J connectivity index is 1.96. The molecule has 0 aliphatic rings. The third kappa shape index (κ3) is 6.05. The predicted octanol–water partition coefficient (Wildman–Crippen LogP) is 4.91. The van der Waals surface area contributed by atoms with Gasteiger partial charge in [-0.2, -0.15) is 13.2 Å². The number of hydrogen-bond acceptors (Lipinski definition) is 5. The lowest BCUT2D eigenvalue weighted by atomic mass is 9.97. The molecule has 1 atom stereocenters. The second-order valence-electron chi connectivity index (χ2n) is 7.88. The maximum Gasteiger partial charge on any atom is 0.416 e. The van der Waals surface area contributed by atoms with Crippen LogP contribution < -0.4 is 5.32 Å². The molecule has 0 fully saturated rings. The van der Waals surface area contributed by atoms with E-state index in [1.54, 1.807) is 42.9 Å². The minimum atomic E-state index is -4.58. The number of carboxylic acid groups (broad SMARTS) is 1. The van der Waals surface area contributed by atoms with Crippen LogP contribution in [-0.4, -0.2) is 31.7 Å². The number of aliphatic hydroxyl groups is 1. The Bertz CT molecular complexity index is 1310. The van der Waals surface area contributed by atoms with Crippen molar-refractivity contribution in [1.29, 1.82) is 0 Å². The number of rotatable bonds is 7. The summed E-state index contributed by atoms with van der Waals surface area (Å²) in [7, 11) is 0. The third-order valence-corrected chi connectivity index (χ3v) is 5.46. The number of aliphatic hydroxyl groups excluding tert-OH is 1. The van der Waals surface area contributed by atoms with Gasteiger partial charge < -0.3 is 10.2 Å². The van der Waals surface area contributed by atoms with E-state index in [0.717, 1.165) is 17.2 Å². The molecule has 0 bridgehead atoms. The van der Waals surface area contributed by atoms with Gasteiger partial charge in [-0.1, -0.05) is 36.4 Å². The molecular weight excluding hydrogens is 459 g/mol. The van der Waals surface area contributed by atoms with Gasteiger partial charge in [0.05, 0.1) is 17.5 Å². The third-order valence-electron chi connectivity index (χ3n) is 5.46. The molecule has 0 spiro atoms. The Kier molecular flexibility index (Phi) is 7.57. The quantitative estimate of drug-likeness (QED) is 0.328. The average molecular weight is 481 g/mol. The van der Waals surface area contributed by atoms with Crippen molar-refractivity contribution in [2.75, 3.05) is 0 Å². The summed E-state index contributed by atoms with van der Waals surface area (Å²) in [5.41, 5.74) is 0.740. The van der Waals surface area contributed by atoms with Crippen molar-refractivity contribution in [2.45, 2.75) is 32.1 Å². The summed E-state index contributed by atoms with van der Waals surface area (Å²) >= 11 is 0. The van der Waals surface area contributed by atoms with Crippen molar-refractivity contribution in [3.05, 3.63) is 82.8 Å². The van der Waals surface area contributed by atoms with Crippen molar-refractivity contribution >= 4 is 18.1 Å². The van der Waals surface area contributed by atoms with Gasteiger partial charge >= 0.3 is 12.1 Å². The molecule has 3 aromatic rings. The van der Waals surface area contributed by atoms with Gasteiger partial charge in [-0.25, -0.2) is 4.79 Å². The van der Waals surface area contributed by atoms with E-state index in [1.807, 2.05) is 13.0 Å². The number of carboxylic acids is 1. The molecule has 1 heterocycles. The molecule has 3 N–H and O–H groups in total. The topological polar surface area (TPSA) is 95.3 Å². The van der Waals surface area contributed by atoms with Crippen molar-refractivity contribution in [3.8, 4) is 23.3 Å². The number of nitrogens with one attached hydrogen (secondary N) is 1. The first-order valence-corrected chi connectivity index (χ1v) is 10.4. The smallest absolute Gasteiger partial charge is 0.416 e. The maximum atomic E-state index is 13.7. The van der Waals surface area contributed by atoms with Crippen molar-refractivity contribution in [3.63, 3.8) is 0 Å². The highest BCUT2D eigenvalue weighted by molar-refractivity contribution is 5.82. The summed E-state index contributed by atoms with van der Waals surface area (Å²) in [6.07, 6.45) is 4.68. The molecule has 3 rings (SSSR count). The van der Waals surface area contributed by atoms with Crippen LogP contribution in [0.1, 0.15) is 34.7 Å². The highest BCUT2D eigenvalue weighted by Crippen LogP contribution is 2.34. The first-order chi connectivity index (χ1) is 16.5. The normalized spacial score (nSPS) is 13.2. The Morgan fingerprint density at radius 1 is 1.14 bits per heavy atom. The van der Waals surface area contributed by atoms with E-state index in [2.05, 4.69) is 21.2 Å². The first-order valence-electron chi connectivity index (χ1n) is 10.4. The van der Waals surface area contributed by atoms with Gasteiger partial charge in [0.1, 0.15) is 6.11 Å². The van der Waals surface area contributed by atoms with E-state index in [-0.39, 0.29) is 12.1 Å². The van der Waals surface area contributed by atoms with Crippen LogP contribution in [0.3, 0.4) is 0 Å². The van der Waals surface area contributed by atoms with Gasteiger partial charge in [0.25, 0.3) is 0 Å². The summed E-state index contributed by atoms with van der Waals surface area (Å²) < 4.78 is 41.0. The highest BCUT2D eigenvalue weighted by atomic mass is 19.4. The second-order valence-corrected chi connectivity index (χ2v) is 7.88. The van der Waals surface area contributed by atoms with Crippen LogP contribution in [-0.2, 0) is 17.5 Å². The second kappa shape index (κ2) is 10.4. The van der Waals surface area contributed by atoms with Crippen LogP contribution in [0.4, 0.5) is 13.2 Å². The molecule has 1 unspecified atom stereocenters. The molecule has 0 saturated heterocycles. The molecule has 6 nitrogen and oxygen atoms in total. The van der Waals surface area contributed by atoms with Gasteiger partial charge in [-0.15, -0.1) is 0 Å². The van der Waals surface area contributed by atoms with Crippen LogP contribution in [0.5, 0.6) is 0 Å². The largest absolute Gasteiger partial charge is 0.479 e. The summed E-state index contributed by atoms with van der Waals surface area (Å²) in [5.74, 6) is 0.813. The van der Waals surface area contributed by atoms with Crippen LogP contribution in [0, 0.1) is 19.0 Å². The summed E-state index contributed by atoms with van der Waals surface area (Å²) in [6, 6.07) is 8.99. The summed E-state index contributed by atoms with van der Waals surface area (Å²) in [6.45, 7) is 3.01. The summed E-state index contributed by atoms with van der Waals surface area (Å²) in [5, 5.41) is 20.8. The number of nitrogens with zero attached hydrogens (tertiary/aromatic N) is 2. The van der Waals surface area contributed by atoms with Gasteiger partial charge in [-0.3, -0.25) is 15.3 Å². The Labute approximate surface area is 200 Å². The SMILES string of the molecule is Cc1c(/C=C/c2cc(CNC(C)(C#CO)C(=O)O)ccc2C(F)(F)F)cccc1-c1cnccn1. The Morgan fingerprint density at radius 2 is 1.89 bits per heavy atom. The summed E-state index contributed by atoms with van der Waals surface area (Å²) in [4.78, 5) is 19.8. The van der Waals surface area contributed by atoms with Crippen LogP contribution in [0.2, 0.25) is 0 Å². The zero-order valence-electron chi connectivity index (χ0n) is 18.9. The minimum Gasteiger partial charge on any atom is -0.479 e. The maximum absolute atomic E-state index is 13.7. The fraction of sp³-hybridized carbons (Fsp3) is 0.192. The number of alkyl halides is 3. The van der Waals surface area contributed by atoms with E-state index in [9.17, 15) is 23.1 Å². The zero-order valence-corrected chi connectivity index (χ0v) is 18.9. The number of aliphatic carboxylic acids is 1. The standard InChI is InChI=1S/C26H22F3N3O3/c1-17-19(4-3-5-21(17)23-16-30-11-12-31-23)7-8-20-14-18(6-9-22(20)26(27,28)29)15-32-25(2,10-13-33)24(34)35/h3-9,11-12,14,16,32-33H,15H2,1-2H3,(H,34,35)/b8-7+. The number of benzene rings is 2. The van der Waals surface area contributed by atoms with Crippen LogP contribution >= 0.6 is 0 Å². The van der Waals surface area contributed by atoms with Crippen molar-refractivity contribution in [1.82, 2.24) is 15.3 Å². The molecule has 0 aliphatic carbocycles. The van der Waals surface area contributed by atoms with Gasteiger partial charge in [0.15, 0.2) is 5.54 Å². The van der Waals surface area contributed by atoms with E-state index in [4.69, 9.17) is 5.11 Å². The number of halogens is 3. The molecule has 0 amide bonds. The molecular formula is C26H22F3N3O3. The minimum absolute atomic E-state index is 0.0774. The Morgan fingerprint density at radius 3 is 2.51 bits per heavy atom. The van der Waals surface area contributed by atoms with Crippen LogP contribution in [0.15, 0.2) is 55.0 Å². The lowest BCUT2D eigenvalue weighted by Crippen LogP contribution is -2.47. The molecule has 0 saturated carbocycles. The van der Waals surface area contributed by atoms with Gasteiger partial charge in [-0.05, 0) is 54.2 Å². The lowest BCUT2D eigenvalue weighted by Gasteiger charge is -2.20. The zero-order chi connectivity index (χ0) is 25.6. The molecule has 0 radical (unpaired) electrons. The van der Waals surface area contributed by atoms with Crippen molar-refractivity contribution in [2.24, 2.45) is 0 Å². The monoisotopic (exact) mass is 481 g/mol. The number of hydrogen-bond donors (Lipinski definition) is 3. The van der Waals surface area contributed by atoms with Crippen molar-refractivity contribution < 1.29 is 28.2 Å². The lowest BCUT2D eigenvalue weighted by molar-refractivity contribution is -0.141.